The quantitative estimate of drug-likeness (QED) is 0.418. The summed E-state index contributed by atoms with van der Waals surface area (Å²) in [7, 11) is 1.97. The van der Waals surface area contributed by atoms with E-state index in [1.54, 1.807) is 11.3 Å². The number of aryl methyl sites for hydroxylation is 2. The number of aromatic nitrogens is 5. The molecule has 32 heavy (non-hydrogen) atoms. The molecule has 0 aliphatic carbocycles. The molecular weight excluding hydrogens is 416 g/mol. The van der Waals surface area contributed by atoms with Crippen molar-refractivity contribution in [1.82, 2.24) is 25.0 Å². The van der Waals surface area contributed by atoms with E-state index in [0.717, 1.165) is 41.4 Å². The van der Waals surface area contributed by atoms with Crippen molar-refractivity contribution in [2.45, 2.75) is 50.9 Å². The molecule has 0 N–H and O–H groups in total. The molecule has 0 saturated carbocycles. The first-order valence-corrected chi connectivity index (χ1v) is 12.4. The molecule has 7 heteroatoms. The normalized spacial score (nSPS) is 20.5. The molecule has 0 amide bonds. The lowest BCUT2D eigenvalue weighted by atomic mass is 9.78. The minimum absolute atomic E-state index is 0.379. The molecule has 1 saturated heterocycles. The molecule has 4 aromatic rings. The maximum absolute atomic E-state index is 4.98. The Kier molecular flexibility index (Phi) is 6.17. The Hall–Kier alpha value is -2.80. The van der Waals surface area contributed by atoms with E-state index in [1.165, 1.54) is 36.9 Å². The molecule has 0 radical (unpaired) electrons. The molecule has 6 nitrogen and oxygen atoms in total. The fourth-order valence-corrected chi connectivity index (χ4v) is 5.71. The van der Waals surface area contributed by atoms with Gasteiger partial charge in [-0.1, -0.05) is 30.2 Å². The Balaban J connectivity index is 1.54. The monoisotopic (exact) mass is 446 g/mol. The third-order valence-corrected chi connectivity index (χ3v) is 7.51. The van der Waals surface area contributed by atoms with E-state index in [-0.39, 0.29) is 0 Å². The van der Waals surface area contributed by atoms with Crippen molar-refractivity contribution in [3.05, 3.63) is 64.9 Å². The van der Waals surface area contributed by atoms with E-state index >= 15 is 0 Å². The van der Waals surface area contributed by atoms with Crippen LogP contribution in [0.25, 0.3) is 11.0 Å². The van der Waals surface area contributed by atoms with Crippen LogP contribution in [0.4, 0.5) is 5.13 Å². The van der Waals surface area contributed by atoms with E-state index in [0.29, 0.717) is 11.8 Å². The molecule has 0 spiro atoms. The Labute approximate surface area is 193 Å². The van der Waals surface area contributed by atoms with Crippen LogP contribution in [-0.4, -0.2) is 38.1 Å². The van der Waals surface area contributed by atoms with Crippen LogP contribution in [0.15, 0.2) is 48.0 Å². The highest BCUT2D eigenvalue weighted by Gasteiger charge is 2.28. The summed E-state index contributed by atoms with van der Waals surface area (Å²) < 4.78 is 1.88. The zero-order valence-electron chi connectivity index (χ0n) is 18.8. The van der Waals surface area contributed by atoms with Crippen molar-refractivity contribution < 1.29 is 0 Å². The Morgan fingerprint density at radius 1 is 1.00 bits per heavy atom. The van der Waals surface area contributed by atoms with Crippen molar-refractivity contribution in [3.63, 3.8) is 0 Å². The zero-order chi connectivity index (χ0) is 21.9. The third kappa shape index (κ3) is 4.39. The number of pyridine rings is 1. The summed E-state index contributed by atoms with van der Waals surface area (Å²) in [5.41, 5.74) is 5.71. The highest BCUT2D eigenvalue weighted by molar-refractivity contribution is 7.13. The summed E-state index contributed by atoms with van der Waals surface area (Å²) in [5.74, 6) is 0.772. The molecule has 0 bridgehead atoms. The van der Waals surface area contributed by atoms with Crippen molar-refractivity contribution in [3.8, 4) is 0 Å². The summed E-state index contributed by atoms with van der Waals surface area (Å²) in [6, 6.07) is 13.1. The highest BCUT2D eigenvalue weighted by atomic mass is 32.1. The number of rotatable bonds is 3. The van der Waals surface area contributed by atoms with E-state index < -0.39 is 0 Å². The molecule has 1 aromatic carbocycles. The number of hydrogen-bond acceptors (Lipinski definition) is 6. The topological polar surface area (TPSA) is 59.7 Å². The zero-order valence-corrected chi connectivity index (χ0v) is 19.6. The van der Waals surface area contributed by atoms with Gasteiger partial charge < -0.3 is 4.90 Å². The average molecular weight is 447 g/mol. The van der Waals surface area contributed by atoms with Gasteiger partial charge in [-0.2, -0.15) is 0 Å². The lowest BCUT2D eigenvalue weighted by molar-refractivity contribution is 0.432. The van der Waals surface area contributed by atoms with Crippen LogP contribution >= 0.6 is 11.3 Å². The molecule has 2 atom stereocenters. The van der Waals surface area contributed by atoms with E-state index in [4.69, 9.17) is 4.98 Å². The first-order valence-electron chi connectivity index (χ1n) is 11.6. The van der Waals surface area contributed by atoms with Crippen LogP contribution < -0.4 is 4.90 Å². The van der Waals surface area contributed by atoms with Gasteiger partial charge in [0, 0.05) is 49.0 Å². The van der Waals surface area contributed by atoms with Crippen molar-refractivity contribution in [1.29, 1.82) is 0 Å². The second-order valence-electron chi connectivity index (χ2n) is 8.82. The van der Waals surface area contributed by atoms with Crippen molar-refractivity contribution in [2.75, 3.05) is 18.0 Å². The Morgan fingerprint density at radius 3 is 2.78 bits per heavy atom. The van der Waals surface area contributed by atoms with E-state index in [9.17, 15) is 0 Å². The Bertz CT molecular complexity index is 1170. The molecule has 3 aromatic heterocycles. The molecule has 1 fully saturated rings. The van der Waals surface area contributed by atoms with Crippen LogP contribution in [0, 0.1) is 6.92 Å². The SMILES string of the molecule is Cc1cccc(C2CCCCCN(c3nccs3)CCC2c2ccc3nnn(C)c3c2)n1. The maximum atomic E-state index is 4.98. The van der Waals surface area contributed by atoms with Gasteiger partial charge in [0.05, 0.1) is 5.52 Å². The molecule has 1 aliphatic rings. The standard InChI is InChI=1S/C25H30N6S/c1-18-7-6-9-22(27-18)21-8-4-3-5-14-31(25-26-13-16-32-25)15-12-20(21)19-10-11-23-24(17-19)30(2)29-28-23/h6-7,9-11,13,16-17,20-21H,3-5,8,12,14-15H2,1-2H3. The van der Waals surface area contributed by atoms with Crippen LogP contribution in [-0.2, 0) is 7.05 Å². The summed E-state index contributed by atoms with van der Waals surface area (Å²) >= 11 is 1.74. The van der Waals surface area contributed by atoms with Gasteiger partial charge in [-0.3, -0.25) is 4.98 Å². The average Bonchev–Trinajstić information content (AvgIpc) is 3.47. The number of benzene rings is 1. The van der Waals surface area contributed by atoms with Gasteiger partial charge >= 0.3 is 0 Å². The lowest BCUT2D eigenvalue weighted by Gasteiger charge is -2.32. The highest BCUT2D eigenvalue weighted by Crippen LogP contribution is 2.40. The summed E-state index contributed by atoms with van der Waals surface area (Å²) in [6.07, 6.45) is 7.82. The van der Waals surface area contributed by atoms with Crippen LogP contribution in [0.5, 0.6) is 0 Å². The number of hydrogen-bond donors (Lipinski definition) is 0. The van der Waals surface area contributed by atoms with Gasteiger partial charge in [0.1, 0.15) is 5.52 Å². The predicted molar refractivity (Wildman–Crippen MR) is 130 cm³/mol. The van der Waals surface area contributed by atoms with Gasteiger partial charge in [0.2, 0.25) is 0 Å². The minimum Gasteiger partial charge on any atom is -0.348 e. The van der Waals surface area contributed by atoms with Crippen molar-refractivity contribution >= 4 is 27.5 Å². The van der Waals surface area contributed by atoms with Crippen LogP contribution in [0.1, 0.15) is 60.9 Å². The van der Waals surface area contributed by atoms with Crippen molar-refractivity contribution in [2.24, 2.45) is 7.05 Å². The van der Waals surface area contributed by atoms with Gasteiger partial charge in [-0.05, 0) is 61.9 Å². The van der Waals surface area contributed by atoms with Gasteiger partial charge in [0.15, 0.2) is 5.13 Å². The summed E-state index contributed by atoms with van der Waals surface area (Å²) in [6.45, 7) is 4.18. The molecular formula is C25H30N6S. The molecule has 4 heterocycles. The maximum Gasteiger partial charge on any atom is 0.185 e. The third-order valence-electron chi connectivity index (χ3n) is 6.68. The second-order valence-corrected chi connectivity index (χ2v) is 9.69. The number of anilines is 1. The Morgan fingerprint density at radius 2 is 1.94 bits per heavy atom. The van der Waals surface area contributed by atoms with E-state index in [2.05, 4.69) is 68.9 Å². The number of fused-ring (bicyclic) bond motifs is 1. The lowest BCUT2D eigenvalue weighted by Crippen LogP contribution is -2.29. The van der Waals surface area contributed by atoms with E-state index in [1.807, 2.05) is 17.9 Å². The molecule has 1 aliphatic heterocycles. The molecule has 2 unspecified atom stereocenters. The fraction of sp³-hybridized carbons (Fsp3) is 0.440. The fourth-order valence-electron chi connectivity index (χ4n) is 5.02. The van der Waals surface area contributed by atoms with Crippen LogP contribution in [0.2, 0.25) is 0 Å². The number of nitrogens with zero attached hydrogens (tertiary/aromatic N) is 6. The van der Waals surface area contributed by atoms with Gasteiger partial charge in [-0.25, -0.2) is 9.67 Å². The first-order chi connectivity index (χ1) is 15.7. The van der Waals surface area contributed by atoms with Gasteiger partial charge in [-0.15, -0.1) is 16.4 Å². The predicted octanol–water partition coefficient (Wildman–Crippen LogP) is 5.47. The summed E-state index contributed by atoms with van der Waals surface area (Å²) in [4.78, 5) is 12.1. The van der Waals surface area contributed by atoms with Gasteiger partial charge in [0.25, 0.3) is 0 Å². The minimum atomic E-state index is 0.379. The van der Waals surface area contributed by atoms with Crippen LogP contribution in [0.3, 0.4) is 0 Å². The number of thiazole rings is 1. The molecule has 166 valence electrons. The largest absolute Gasteiger partial charge is 0.348 e. The smallest absolute Gasteiger partial charge is 0.185 e. The first kappa shape index (κ1) is 21.1. The summed E-state index contributed by atoms with van der Waals surface area (Å²) in [5, 5.41) is 11.7. The molecule has 5 rings (SSSR count). The second kappa shape index (κ2) is 9.36.